The van der Waals surface area contributed by atoms with Crippen LogP contribution in [0.3, 0.4) is 0 Å². The minimum atomic E-state index is -4.77. The van der Waals surface area contributed by atoms with Gasteiger partial charge in [-0.15, -0.1) is 13.2 Å². The van der Waals surface area contributed by atoms with Gasteiger partial charge in [0.2, 0.25) is 0 Å². The summed E-state index contributed by atoms with van der Waals surface area (Å²) in [7, 11) is 0. The average molecular weight is 444 g/mol. The van der Waals surface area contributed by atoms with E-state index < -0.39 is 6.36 Å². The number of hydrogen-bond acceptors (Lipinski definition) is 4. The maximum absolute atomic E-state index is 12.8. The normalized spacial score (nSPS) is 11.3. The monoisotopic (exact) mass is 444 g/mol. The Morgan fingerprint density at radius 1 is 1.12 bits per heavy atom. The smallest absolute Gasteiger partial charge is 0.406 e. The van der Waals surface area contributed by atoms with Gasteiger partial charge in [-0.2, -0.15) is 0 Å². The summed E-state index contributed by atoms with van der Waals surface area (Å²) in [4.78, 5) is 18.8. The fourth-order valence-corrected chi connectivity index (χ4v) is 3.05. The number of nitrogens with zero attached hydrogens (tertiary/aromatic N) is 2. The highest BCUT2D eigenvalue weighted by molar-refractivity contribution is 5.89. The van der Waals surface area contributed by atoms with Crippen LogP contribution in [0.25, 0.3) is 11.3 Å². The molecule has 0 saturated carbocycles. The van der Waals surface area contributed by atoms with Crippen molar-refractivity contribution in [3.05, 3.63) is 72.4 Å². The summed E-state index contributed by atoms with van der Waals surface area (Å²) in [5.74, 6) is -0.358. The second-order valence-electron chi connectivity index (χ2n) is 7.40. The van der Waals surface area contributed by atoms with Gasteiger partial charge in [0.25, 0.3) is 0 Å². The predicted molar refractivity (Wildman–Crippen MR) is 117 cm³/mol. The Morgan fingerprint density at radius 3 is 2.47 bits per heavy atom. The van der Waals surface area contributed by atoms with Gasteiger partial charge in [0.1, 0.15) is 5.75 Å². The molecule has 1 aromatic heterocycles. The van der Waals surface area contributed by atoms with E-state index in [0.29, 0.717) is 17.9 Å². The number of rotatable bonds is 6. The first-order chi connectivity index (χ1) is 15.1. The highest BCUT2D eigenvalue weighted by Crippen LogP contribution is 2.25. The van der Waals surface area contributed by atoms with Crippen LogP contribution in [0.2, 0.25) is 0 Å². The molecule has 0 fully saturated rings. The second-order valence-corrected chi connectivity index (χ2v) is 7.40. The Kier molecular flexibility index (Phi) is 6.87. The van der Waals surface area contributed by atoms with E-state index in [4.69, 9.17) is 5.73 Å². The molecule has 2 amide bonds. The molecule has 168 valence electrons. The molecule has 32 heavy (non-hydrogen) atoms. The van der Waals surface area contributed by atoms with Crippen LogP contribution < -0.4 is 15.8 Å². The van der Waals surface area contributed by atoms with Gasteiger partial charge in [-0.05, 0) is 61.9 Å². The number of ether oxygens (including phenoxy) is 1. The van der Waals surface area contributed by atoms with Crippen LogP contribution in [-0.4, -0.2) is 28.3 Å². The molecule has 0 aliphatic rings. The number of carbonyl (C=O) groups excluding carboxylic acids is 1. The molecule has 0 aliphatic heterocycles. The Hall–Kier alpha value is -3.75. The van der Waals surface area contributed by atoms with E-state index in [1.54, 1.807) is 23.2 Å². The average Bonchev–Trinajstić information content (AvgIpc) is 2.72. The zero-order valence-electron chi connectivity index (χ0n) is 17.6. The van der Waals surface area contributed by atoms with E-state index in [1.165, 1.54) is 12.1 Å². The number of nitrogens with one attached hydrogen (secondary N) is 1. The first-order valence-electron chi connectivity index (χ1n) is 9.85. The first kappa shape index (κ1) is 22.9. The number of carbonyl (C=O) groups is 1. The lowest BCUT2D eigenvalue weighted by Crippen LogP contribution is -2.39. The third kappa shape index (κ3) is 6.37. The van der Waals surface area contributed by atoms with Gasteiger partial charge in [0.05, 0.1) is 5.69 Å². The van der Waals surface area contributed by atoms with Gasteiger partial charge < -0.3 is 20.7 Å². The number of hydrogen-bond donors (Lipinski definition) is 2. The van der Waals surface area contributed by atoms with E-state index in [9.17, 15) is 18.0 Å². The lowest BCUT2D eigenvalue weighted by Gasteiger charge is -2.27. The Morgan fingerprint density at radius 2 is 1.84 bits per heavy atom. The number of amides is 2. The van der Waals surface area contributed by atoms with Crippen LogP contribution in [0.1, 0.15) is 19.4 Å². The lowest BCUT2D eigenvalue weighted by atomic mass is 10.1. The van der Waals surface area contributed by atoms with Gasteiger partial charge in [-0.25, -0.2) is 4.79 Å². The summed E-state index contributed by atoms with van der Waals surface area (Å²) >= 11 is 0. The minimum absolute atomic E-state index is 0.128. The molecule has 0 spiro atoms. The Balaban J connectivity index is 1.72. The number of urea groups is 1. The van der Waals surface area contributed by atoms with Crippen molar-refractivity contribution in [1.82, 2.24) is 9.88 Å². The van der Waals surface area contributed by atoms with E-state index >= 15 is 0 Å². The number of halogens is 3. The molecule has 2 aromatic carbocycles. The van der Waals surface area contributed by atoms with Gasteiger partial charge >= 0.3 is 12.4 Å². The fourth-order valence-electron chi connectivity index (χ4n) is 3.05. The molecule has 9 heteroatoms. The SMILES string of the molecule is CC(C)N(Cc1cccc(-c2cc(N)ccn2)c1)C(=O)Nc1ccc(OC(F)(F)F)cc1. The maximum Gasteiger partial charge on any atom is 0.573 e. The fraction of sp³-hybridized carbons (Fsp3) is 0.217. The Bertz CT molecular complexity index is 1070. The molecule has 0 radical (unpaired) electrons. The summed E-state index contributed by atoms with van der Waals surface area (Å²) in [6, 6.07) is 15.6. The molecule has 0 unspecified atom stereocenters. The van der Waals surface area contributed by atoms with E-state index in [0.717, 1.165) is 29.0 Å². The maximum atomic E-state index is 12.8. The standard InChI is InChI=1S/C23H23F3N4O2/c1-15(2)30(22(31)29-19-6-8-20(9-7-19)32-23(24,25)26)14-16-4-3-5-17(12-16)21-13-18(27)10-11-28-21/h3-13,15H,14H2,1-2H3,(H2,27,28)(H,29,31). The molecule has 3 N–H and O–H groups in total. The van der Waals surface area contributed by atoms with Crippen molar-refractivity contribution in [3.8, 4) is 17.0 Å². The van der Waals surface area contributed by atoms with Gasteiger partial charge in [-0.3, -0.25) is 4.98 Å². The third-order valence-corrected chi connectivity index (χ3v) is 4.58. The largest absolute Gasteiger partial charge is 0.573 e. The number of aromatic nitrogens is 1. The zero-order chi connectivity index (χ0) is 23.3. The topological polar surface area (TPSA) is 80.5 Å². The van der Waals surface area contributed by atoms with E-state index in [-0.39, 0.29) is 17.8 Å². The molecular formula is C23H23F3N4O2. The van der Waals surface area contributed by atoms with Crippen molar-refractivity contribution in [2.75, 3.05) is 11.1 Å². The molecule has 3 aromatic rings. The van der Waals surface area contributed by atoms with Crippen molar-refractivity contribution in [1.29, 1.82) is 0 Å². The van der Waals surface area contributed by atoms with Crippen LogP contribution in [0.15, 0.2) is 66.9 Å². The zero-order valence-corrected chi connectivity index (χ0v) is 17.6. The summed E-state index contributed by atoms with van der Waals surface area (Å²) in [6.07, 6.45) is -3.13. The highest BCUT2D eigenvalue weighted by atomic mass is 19.4. The van der Waals surface area contributed by atoms with Crippen molar-refractivity contribution >= 4 is 17.4 Å². The van der Waals surface area contributed by atoms with Gasteiger partial charge in [0, 0.05) is 35.7 Å². The summed E-state index contributed by atoms with van der Waals surface area (Å²) < 4.78 is 40.7. The number of nitrogens with two attached hydrogens (primary N) is 1. The molecule has 1 heterocycles. The van der Waals surface area contributed by atoms with E-state index in [2.05, 4.69) is 15.0 Å². The molecule has 6 nitrogen and oxygen atoms in total. The second kappa shape index (κ2) is 9.59. The third-order valence-electron chi connectivity index (χ3n) is 4.58. The predicted octanol–water partition coefficient (Wildman–Crippen LogP) is 5.67. The molecule has 0 aliphatic carbocycles. The Labute approximate surface area is 183 Å². The molecule has 0 atom stereocenters. The summed E-state index contributed by atoms with van der Waals surface area (Å²) in [5, 5.41) is 2.71. The van der Waals surface area contributed by atoms with Crippen LogP contribution in [0, 0.1) is 0 Å². The van der Waals surface area contributed by atoms with Crippen LogP contribution in [0.5, 0.6) is 5.75 Å². The molecule has 0 saturated heterocycles. The molecular weight excluding hydrogens is 421 g/mol. The number of nitrogen functional groups attached to an aromatic ring is 1. The number of alkyl halides is 3. The van der Waals surface area contributed by atoms with Crippen molar-refractivity contribution < 1.29 is 22.7 Å². The molecule has 3 rings (SSSR count). The number of anilines is 2. The summed E-state index contributed by atoms with van der Waals surface area (Å²) in [6.45, 7) is 4.08. The van der Waals surface area contributed by atoms with Crippen molar-refractivity contribution in [3.63, 3.8) is 0 Å². The number of pyridine rings is 1. The summed E-state index contributed by atoms with van der Waals surface area (Å²) in [5.41, 5.74) is 9.30. The van der Waals surface area contributed by atoms with Gasteiger partial charge in [0.15, 0.2) is 0 Å². The number of benzene rings is 2. The minimum Gasteiger partial charge on any atom is -0.406 e. The first-order valence-corrected chi connectivity index (χ1v) is 9.85. The van der Waals surface area contributed by atoms with E-state index in [1.807, 2.05) is 38.1 Å². The van der Waals surface area contributed by atoms with Crippen molar-refractivity contribution in [2.45, 2.75) is 32.8 Å². The molecule has 0 bridgehead atoms. The van der Waals surface area contributed by atoms with Crippen molar-refractivity contribution in [2.24, 2.45) is 0 Å². The van der Waals surface area contributed by atoms with Gasteiger partial charge in [-0.1, -0.05) is 18.2 Å². The quantitative estimate of drug-likeness (QED) is 0.513. The lowest BCUT2D eigenvalue weighted by molar-refractivity contribution is -0.274. The van der Waals surface area contributed by atoms with Crippen LogP contribution in [0.4, 0.5) is 29.3 Å². The van der Waals surface area contributed by atoms with Crippen LogP contribution >= 0.6 is 0 Å². The highest BCUT2D eigenvalue weighted by Gasteiger charge is 2.31. The van der Waals surface area contributed by atoms with Crippen LogP contribution in [-0.2, 0) is 6.54 Å².